The number of phenols is 1. The maximum absolute atomic E-state index is 12.6. The lowest BCUT2D eigenvalue weighted by atomic mass is 10.0. The summed E-state index contributed by atoms with van der Waals surface area (Å²) in [4.78, 5) is 25.2. The van der Waals surface area contributed by atoms with Crippen molar-refractivity contribution in [3.63, 3.8) is 0 Å². The molecule has 0 spiro atoms. The molecule has 3 N–H and O–H groups in total. The molecule has 2 amide bonds. The van der Waals surface area contributed by atoms with Gasteiger partial charge in [0.05, 0.1) is 23.4 Å². The van der Waals surface area contributed by atoms with Crippen LogP contribution in [-0.2, 0) is 11.2 Å². The van der Waals surface area contributed by atoms with Crippen LogP contribution in [0.15, 0.2) is 48.1 Å². The van der Waals surface area contributed by atoms with Crippen molar-refractivity contribution < 1.29 is 19.4 Å². The number of allylic oxidation sites excluding steroid dienone is 1. The van der Waals surface area contributed by atoms with Crippen LogP contribution in [0.25, 0.3) is 0 Å². The van der Waals surface area contributed by atoms with Gasteiger partial charge in [0.1, 0.15) is 6.04 Å². The first-order chi connectivity index (χ1) is 15.2. The van der Waals surface area contributed by atoms with Gasteiger partial charge in [0, 0.05) is 11.1 Å². The number of hydrazone groups is 1. The maximum Gasteiger partial charge on any atom is 0.262 e. The van der Waals surface area contributed by atoms with Crippen LogP contribution in [-0.4, -0.2) is 36.3 Å². The van der Waals surface area contributed by atoms with Gasteiger partial charge in [0.15, 0.2) is 11.5 Å². The molecular formula is C23H25Cl2N3O4. The van der Waals surface area contributed by atoms with Crippen LogP contribution in [0.4, 0.5) is 0 Å². The molecule has 0 saturated heterocycles. The molecule has 1 unspecified atom stereocenters. The van der Waals surface area contributed by atoms with Crippen LogP contribution < -0.4 is 15.5 Å². The van der Waals surface area contributed by atoms with E-state index in [1.807, 2.05) is 0 Å². The first-order valence-corrected chi connectivity index (χ1v) is 10.5. The van der Waals surface area contributed by atoms with Crippen LogP contribution in [0.5, 0.6) is 11.5 Å². The van der Waals surface area contributed by atoms with Gasteiger partial charge >= 0.3 is 0 Å². The third-order valence-electron chi connectivity index (χ3n) is 4.57. The minimum atomic E-state index is -0.834. The van der Waals surface area contributed by atoms with E-state index in [1.165, 1.54) is 31.5 Å². The molecule has 32 heavy (non-hydrogen) atoms. The lowest BCUT2D eigenvalue weighted by molar-refractivity contribution is -0.123. The smallest absolute Gasteiger partial charge is 0.262 e. The fraction of sp³-hybridized carbons (Fsp3) is 0.261. The number of nitrogens with one attached hydrogen (secondary N) is 2. The van der Waals surface area contributed by atoms with E-state index in [4.69, 9.17) is 27.9 Å². The fourth-order valence-corrected chi connectivity index (χ4v) is 3.17. The number of phenolic OH excluding ortho intramolecular Hbond substituents is 1. The second kappa shape index (κ2) is 11.5. The van der Waals surface area contributed by atoms with Gasteiger partial charge in [0.25, 0.3) is 11.8 Å². The summed E-state index contributed by atoms with van der Waals surface area (Å²) in [5.74, 6) is -0.838. The number of nitrogens with zero attached hydrogens (tertiary/aromatic N) is 1. The van der Waals surface area contributed by atoms with E-state index >= 15 is 0 Å². The monoisotopic (exact) mass is 477 g/mol. The van der Waals surface area contributed by atoms with E-state index in [1.54, 1.807) is 32.1 Å². The molecule has 0 fully saturated rings. The summed E-state index contributed by atoms with van der Waals surface area (Å²) in [6, 6.07) is 6.94. The second-order valence-corrected chi connectivity index (χ2v) is 8.10. The molecule has 1 atom stereocenters. The van der Waals surface area contributed by atoms with Crippen molar-refractivity contribution in [2.24, 2.45) is 11.0 Å². The zero-order valence-electron chi connectivity index (χ0n) is 18.0. The van der Waals surface area contributed by atoms with E-state index in [9.17, 15) is 14.7 Å². The van der Waals surface area contributed by atoms with E-state index in [2.05, 4.69) is 22.4 Å². The van der Waals surface area contributed by atoms with Crippen molar-refractivity contribution in [3.05, 3.63) is 69.7 Å². The summed E-state index contributed by atoms with van der Waals surface area (Å²) in [5.41, 5.74) is 3.94. The Balaban J connectivity index is 2.12. The molecule has 2 aromatic carbocycles. The Bertz CT molecular complexity index is 1040. The summed E-state index contributed by atoms with van der Waals surface area (Å²) in [7, 11) is 1.44. The fourth-order valence-electron chi connectivity index (χ4n) is 2.87. The lowest BCUT2D eigenvalue weighted by Gasteiger charge is -2.20. The zero-order chi connectivity index (χ0) is 23.8. The number of halogens is 2. The van der Waals surface area contributed by atoms with Crippen molar-refractivity contribution in [3.8, 4) is 11.5 Å². The van der Waals surface area contributed by atoms with Gasteiger partial charge in [-0.3, -0.25) is 9.59 Å². The van der Waals surface area contributed by atoms with Gasteiger partial charge < -0.3 is 15.2 Å². The van der Waals surface area contributed by atoms with Crippen LogP contribution in [0, 0.1) is 5.92 Å². The minimum Gasteiger partial charge on any atom is -0.504 e. The third kappa shape index (κ3) is 6.48. The molecule has 0 aromatic heterocycles. The molecule has 2 rings (SSSR count). The maximum atomic E-state index is 12.6. The number of benzene rings is 2. The molecule has 170 valence electrons. The first-order valence-electron chi connectivity index (χ1n) is 9.77. The van der Waals surface area contributed by atoms with Gasteiger partial charge in [-0.25, -0.2) is 5.43 Å². The molecule has 0 radical (unpaired) electrons. The quantitative estimate of drug-likeness (QED) is 0.284. The van der Waals surface area contributed by atoms with Crippen molar-refractivity contribution in [2.75, 3.05) is 7.11 Å². The molecule has 2 aromatic rings. The number of hydrogen-bond acceptors (Lipinski definition) is 5. The van der Waals surface area contributed by atoms with Crippen LogP contribution >= 0.6 is 23.2 Å². The van der Waals surface area contributed by atoms with E-state index < -0.39 is 17.9 Å². The Morgan fingerprint density at radius 2 is 1.94 bits per heavy atom. The van der Waals surface area contributed by atoms with E-state index in [0.717, 1.165) is 0 Å². The molecule has 0 heterocycles. The summed E-state index contributed by atoms with van der Waals surface area (Å²) < 4.78 is 5.17. The Morgan fingerprint density at radius 1 is 1.22 bits per heavy atom. The number of ether oxygens (including phenoxy) is 1. The standard InChI is InChI=1S/C23H25Cl2N3O4/c1-5-6-15-9-14(10-19(32-4)21(15)29)12-26-28-23(31)20(13(2)3)27-22(30)16-7-8-17(24)18(25)11-16/h5,7-13,20,29H,1,6H2,2-4H3,(H,27,30)(H,28,31). The number of aromatic hydroxyl groups is 1. The predicted molar refractivity (Wildman–Crippen MR) is 127 cm³/mol. The summed E-state index contributed by atoms with van der Waals surface area (Å²) in [6.45, 7) is 7.27. The average Bonchev–Trinajstić information content (AvgIpc) is 2.75. The van der Waals surface area contributed by atoms with Crippen LogP contribution in [0.3, 0.4) is 0 Å². The molecule has 9 heteroatoms. The van der Waals surface area contributed by atoms with Gasteiger partial charge in [-0.2, -0.15) is 5.10 Å². The van der Waals surface area contributed by atoms with Crippen molar-refractivity contribution in [1.82, 2.24) is 10.7 Å². The molecule has 0 saturated carbocycles. The van der Waals surface area contributed by atoms with Gasteiger partial charge in [0.2, 0.25) is 0 Å². The third-order valence-corrected chi connectivity index (χ3v) is 5.31. The highest BCUT2D eigenvalue weighted by Gasteiger charge is 2.24. The molecule has 7 nitrogen and oxygen atoms in total. The molecule has 0 aliphatic carbocycles. The summed E-state index contributed by atoms with van der Waals surface area (Å²) in [6.07, 6.45) is 3.51. The molecular weight excluding hydrogens is 453 g/mol. The lowest BCUT2D eigenvalue weighted by Crippen LogP contribution is -2.48. The largest absolute Gasteiger partial charge is 0.504 e. The van der Waals surface area contributed by atoms with Crippen molar-refractivity contribution in [2.45, 2.75) is 26.3 Å². The molecule has 0 bridgehead atoms. The number of carbonyl (C=O) groups is 2. The highest BCUT2D eigenvalue weighted by Crippen LogP contribution is 2.31. The van der Waals surface area contributed by atoms with E-state index in [-0.39, 0.29) is 28.0 Å². The van der Waals surface area contributed by atoms with Gasteiger partial charge in [-0.15, -0.1) is 6.58 Å². The number of hydrogen-bond donors (Lipinski definition) is 3. The van der Waals surface area contributed by atoms with Crippen LogP contribution in [0.1, 0.15) is 35.3 Å². The van der Waals surface area contributed by atoms with Gasteiger partial charge in [-0.1, -0.05) is 43.1 Å². The SMILES string of the molecule is C=CCc1cc(C=NNC(=O)C(NC(=O)c2ccc(Cl)c(Cl)c2)C(C)C)cc(OC)c1O. The Hall–Kier alpha value is -3.03. The van der Waals surface area contributed by atoms with Crippen LogP contribution in [0.2, 0.25) is 10.0 Å². The van der Waals surface area contributed by atoms with E-state index in [0.29, 0.717) is 22.6 Å². The predicted octanol–water partition coefficient (Wildman–Crippen LogP) is 4.34. The molecule has 0 aliphatic rings. The first kappa shape index (κ1) is 25.2. The van der Waals surface area contributed by atoms with Crippen molar-refractivity contribution >= 4 is 41.2 Å². The number of methoxy groups -OCH3 is 1. The van der Waals surface area contributed by atoms with Crippen molar-refractivity contribution in [1.29, 1.82) is 0 Å². The number of rotatable bonds is 9. The number of carbonyl (C=O) groups excluding carboxylic acids is 2. The topological polar surface area (TPSA) is 100 Å². The second-order valence-electron chi connectivity index (χ2n) is 7.28. The van der Waals surface area contributed by atoms with Gasteiger partial charge in [-0.05, 0) is 48.2 Å². The summed E-state index contributed by atoms with van der Waals surface area (Å²) >= 11 is 11.9. The molecule has 0 aliphatic heterocycles. The highest BCUT2D eigenvalue weighted by atomic mass is 35.5. The Kier molecular flexibility index (Phi) is 9.11. The average molecular weight is 478 g/mol. The zero-order valence-corrected chi connectivity index (χ0v) is 19.5. The highest BCUT2D eigenvalue weighted by molar-refractivity contribution is 6.42. The Labute approximate surface area is 197 Å². The number of amides is 2. The normalized spacial score (nSPS) is 11.9. The summed E-state index contributed by atoms with van der Waals surface area (Å²) in [5, 5.41) is 17.4. The minimum absolute atomic E-state index is 0.0264. The Morgan fingerprint density at radius 3 is 2.53 bits per heavy atom.